The number of methoxy groups -OCH3 is 1. The number of ketones is 1. The molecule has 3 rings (SSSR count). The van der Waals surface area contributed by atoms with E-state index < -0.39 is 17.7 Å². The van der Waals surface area contributed by atoms with Gasteiger partial charge < -0.3 is 14.7 Å². The molecular formula is C22H22Cl2N2O4. The average Bonchev–Trinajstić information content (AvgIpc) is 2.98. The number of Topliss-reactive ketones (excluding diaryl/α,β-unsaturated/α-hetero) is 1. The van der Waals surface area contributed by atoms with Crippen LogP contribution in [0.25, 0.3) is 5.76 Å². The van der Waals surface area contributed by atoms with Gasteiger partial charge in [0.2, 0.25) is 0 Å². The zero-order valence-electron chi connectivity index (χ0n) is 16.7. The predicted molar refractivity (Wildman–Crippen MR) is 116 cm³/mol. The Hall–Kier alpha value is -2.57. The molecule has 2 heterocycles. The van der Waals surface area contributed by atoms with Crippen LogP contribution in [-0.4, -0.2) is 40.3 Å². The third kappa shape index (κ3) is 4.16. The summed E-state index contributed by atoms with van der Waals surface area (Å²) < 4.78 is 5.14. The van der Waals surface area contributed by atoms with Crippen molar-refractivity contribution in [3.63, 3.8) is 0 Å². The number of amides is 1. The minimum atomic E-state index is -0.789. The second kappa shape index (κ2) is 9.49. The van der Waals surface area contributed by atoms with E-state index in [9.17, 15) is 14.7 Å². The molecule has 1 saturated heterocycles. The minimum Gasteiger partial charge on any atom is -0.507 e. The molecule has 0 aliphatic carbocycles. The average molecular weight is 449 g/mol. The van der Waals surface area contributed by atoms with Crippen LogP contribution in [0.4, 0.5) is 0 Å². The van der Waals surface area contributed by atoms with Crippen molar-refractivity contribution in [2.45, 2.75) is 32.2 Å². The number of aromatic nitrogens is 1. The van der Waals surface area contributed by atoms with E-state index in [1.54, 1.807) is 24.4 Å². The van der Waals surface area contributed by atoms with Gasteiger partial charge in [0, 0.05) is 18.3 Å². The number of pyridine rings is 1. The Labute approximate surface area is 185 Å². The Morgan fingerprint density at radius 2 is 1.90 bits per heavy atom. The van der Waals surface area contributed by atoms with E-state index in [0.717, 1.165) is 19.3 Å². The van der Waals surface area contributed by atoms with E-state index in [1.807, 2.05) is 0 Å². The van der Waals surface area contributed by atoms with Crippen molar-refractivity contribution in [1.29, 1.82) is 0 Å². The van der Waals surface area contributed by atoms with Crippen LogP contribution in [0.3, 0.4) is 0 Å². The lowest BCUT2D eigenvalue weighted by molar-refractivity contribution is -0.140. The van der Waals surface area contributed by atoms with Crippen LogP contribution >= 0.6 is 23.2 Å². The van der Waals surface area contributed by atoms with Gasteiger partial charge in [-0.15, -0.1) is 0 Å². The summed E-state index contributed by atoms with van der Waals surface area (Å²) in [6.45, 7) is 2.45. The molecule has 30 heavy (non-hydrogen) atoms. The largest absolute Gasteiger partial charge is 0.507 e. The number of carbonyl (C=O) groups is 2. The lowest BCUT2D eigenvalue weighted by Crippen LogP contribution is -2.31. The minimum absolute atomic E-state index is 0.0347. The van der Waals surface area contributed by atoms with Crippen LogP contribution in [0.2, 0.25) is 10.0 Å². The number of benzene rings is 1. The Morgan fingerprint density at radius 1 is 1.20 bits per heavy atom. The number of aliphatic hydroxyl groups excluding tert-OH is 1. The van der Waals surface area contributed by atoms with E-state index in [-0.39, 0.29) is 32.7 Å². The molecule has 0 saturated carbocycles. The highest BCUT2D eigenvalue weighted by Crippen LogP contribution is 2.41. The number of rotatable bonds is 7. The van der Waals surface area contributed by atoms with Crippen molar-refractivity contribution in [3.8, 4) is 5.75 Å². The quantitative estimate of drug-likeness (QED) is 0.278. The number of aliphatic hydroxyl groups is 1. The first-order valence-corrected chi connectivity index (χ1v) is 10.4. The van der Waals surface area contributed by atoms with Gasteiger partial charge in [-0.25, -0.2) is 0 Å². The molecule has 6 nitrogen and oxygen atoms in total. The second-order valence-corrected chi connectivity index (χ2v) is 7.74. The fraction of sp³-hybridized carbons (Fsp3) is 0.318. The number of ether oxygens (including phenoxy) is 1. The number of likely N-dealkylation sites (tertiary alicyclic amines) is 1. The van der Waals surface area contributed by atoms with Gasteiger partial charge in [-0.2, -0.15) is 0 Å². The van der Waals surface area contributed by atoms with Crippen molar-refractivity contribution in [3.05, 3.63) is 63.4 Å². The molecule has 1 aromatic heterocycles. The summed E-state index contributed by atoms with van der Waals surface area (Å²) in [6, 6.07) is 7.35. The maximum absolute atomic E-state index is 12.9. The molecule has 0 radical (unpaired) electrons. The van der Waals surface area contributed by atoms with Crippen molar-refractivity contribution >= 4 is 40.7 Å². The molecule has 1 unspecified atom stereocenters. The molecule has 1 fully saturated rings. The Balaban J connectivity index is 2.14. The Morgan fingerprint density at radius 3 is 2.47 bits per heavy atom. The zero-order valence-corrected chi connectivity index (χ0v) is 18.2. The third-order valence-corrected chi connectivity index (χ3v) is 5.55. The molecular weight excluding hydrogens is 427 g/mol. The highest BCUT2D eigenvalue weighted by atomic mass is 35.5. The maximum Gasteiger partial charge on any atom is 0.295 e. The van der Waals surface area contributed by atoms with Crippen molar-refractivity contribution in [2.24, 2.45) is 0 Å². The van der Waals surface area contributed by atoms with Gasteiger partial charge in [-0.1, -0.05) is 49.0 Å². The third-order valence-electron chi connectivity index (χ3n) is 4.99. The first-order chi connectivity index (χ1) is 14.4. The molecule has 1 atom stereocenters. The highest BCUT2D eigenvalue weighted by molar-refractivity contribution is 6.46. The fourth-order valence-electron chi connectivity index (χ4n) is 3.54. The lowest BCUT2D eigenvalue weighted by Gasteiger charge is -2.24. The molecule has 1 aliphatic heterocycles. The fourth-order valence-corrected chi connectivity index (χ4v) is 4.18. The molecule has 158 valence electrons. The van der Waals surface area contributed by atoms with E-state index in [4.69, 9.17) is 27.9 Å². The van der Waals surface area contributed by atoms with Gasteiger partial charge in [0.15, 0.2) is 5.75 Å². The molecule has 1 N–H and O–H groups in total. The van der Waals surface area contributed by atoms with E-state index >= 15 is 0 Å². The van der Waals surface area contributed by atoms with E-state index in [0.29, 0.717) is 12.2 Å². The molecule has 2 aromatic rings. The molecule has 1 aliphatic rings. The van der Waals surface area contributed by atoms with Crippen LogP contribution < -0.4 is 4.74 Å². The van der Waals surface area contributed by atoms with Gasteiger partial charge in [0.25, 0.3) is 11.7 Å². The molecule has 1 aromatic carbocycles. The van der Waals surface area contributed by atoms with Crippen LogP contribution in [0.15, 0.2) is 42.1 Å². The topological polar surface area (TPSA) is 79.7 Å². The van der Waals surface area contributed by atoms with Gasteiger partial charge in [0.1, 0.15) is 11.8 Å². The number of nitrogens with zero attached hydrogens (tertiary/aromatic N) is 2. The number of unbranched alkanes of at least 4 members (excludes halogenated alkanes) is 2. The summed E-state index contributed by atoms with van der Waals surface area (Å²) >= 11 is 12.4. The molecule has 1 amide bonds. The van der Waals surface area contributed by atoms with Crippen LogP contribution in [-0.2, 0) is 9.59 Å². The van der Waals surface area contributed by atoms with Crippen LogP contribution in [0.1, 0.15) is 43.5 Å². The molecule has 0 bridgehead atoms. The monoisotopic (exact) mass is 448 g/mol. The number of carbonyl (C=O) groups excluding carboxylic acids is 2. The predicted octanol–water partition coefficient (Wildman–Crippen LogP) is 5.01. The van der Waals surface area contributed by atoms with E-state index in [2.05, 4.69) is 11.9 Å². The normalized spacial score (nSPS) is 18.1. The van der Waals surface area contributed by atoms with Gasteiger partial charge >= 0.3 is 0 Å². The van der Waals surface area contributed by atoms with Gasteiger partial charge in [0.05, 0.1) is 28.4 Å². The van der Waals surface area contributed by atoms with Crippen molar-refractivity contribution in [1.82, 2.24) is 9.88 Å². The first-order valence-electron chi connectivity index (χ1n) is 9.63. The highest BCUT2D eigenvalue weighted by Gasteiger charge is 2.46. The van der Waals surface area contributed by atoms with Gasteiger partial charge in [-0.3, -0.25) is 14.6 Å². The van der Waals surface area contributed by atoms with Gasteiger partial charge in [-0.05, 0) is 30.7 Å². The lowest BCUT2D eigenvalue weighted by atomic mass is 9.98. The number of hydrogen-bond acceptors (Lipinski definition) is 5. The summed E-state index contributed by atoms with van der Waals surface area (Å²) in [5.74, 6) is -1.51. The second-order valence-electron chi connectivity index (χ2n) is 6.93. The Bertz CT molecular complexity index is 969. The number of hydrogen-bond donors (Lipinski definition) is 1. The molecule has 0 spiro atoms. The maximum atomic E-state index is 12.9. The smallest absolute Gasteiger partial charge is 0.295 e. The van der Waals surface area contributed by atoms with E-state index in [1.165, 1.54) is 24.1 Å². The van der Waals surface area contributed by atoms with Crippen LogP contribution in [0.5, 0.6) is 5.75 Å². The zero-order chi connectivity index (χ0) is 21.8. The summed E-state index contributed by atoms with van der Waals surface area (Å²) in [4.78, 5) is 31.5. The molecule has 8 heteroatoms. The SMILES string of the molecule is CCCCCN1C(=O)C(=O)/C(=C(/O)c2cc(Cl)c(OC)c(Cl)c2)C1c1ccccn1. The summed E-state index contributed by atoms with van der Waals surface area (Å²) in [6.07, 6.45) is 4.22. The summed E-state index contributed by atoms with van der Waals surface area (Å²) in [5.41, 5.74) is 0.686. The van der Waals surface area contributed by atoms with Crippen LogP contribution in [0, 0.1) is 0 Å². The number of halogens is 2. The van der Waals surface area contributed by atoms with Crippen molar-refractivity contribution in [2.75, 3.05) is 13.7 Å². The first kappa shape index (κ1) is 22.1. The van der Waals surface area contributed by atoms with Crippen molar-refractivity contribution < 1.29 is 19.4 Å². The summed E-state index contributed by atoms with van der Waals surface area (Å²) in [7, 11) is 1.43. The summed E-state index contributed by atoms with van der Waals surface area (Å²) in [5, 5.41) is 11.4. The standard InChI is InChI=1S/C22H22Cl2N2O4/c1-3-4-7-10-26-18(16-8-5-6-9-25-16)17(20(28)22(26)29)19(27)13-11-14(23)21(30-2)15(24)12-13/h5-6,8-9,11-12,18,27H,3-4,7,10H2,1-2H3/b19-17+. The Kier molecular flexibility index (Phi) is 7.00.